The number of aromatic nitrogens is 2. The Morgan fingerprint density at radius 3 is 2.93 bits per heavy atom. The van der Waals surface area contributed by atoms with Gasteiger partial charge in [0.2, 0.25) is 5.89 Å². The van der Waals surface area contributed by atoms with E-state index < -0.39 is 0 Å². The van der Waals surface area contributed by atoms with E-state index in [1.807, 2.05) is 0 Å². The van der Waals surface area contributed by atoms with E-state index in [0.717, 1.165) is 19.3 Å². The molecule has 2 rings (SSSR count). The van der Waals surface area contributed by atoms with Crippen LogP contribution in [0.2, 0.25) is 0 Å². The van der Waals surface area contributed by atoms with Gasteiger partial charge in [0.1, 0.15) is 0 Å². The van der Waals surface area contributed by atoms with E-state index in [0.29, 0.717) is 11.1 Å². The van der Waals surface area contributed by atoms with E-state index in [1.165, 1.54) is 11.8 Å². The SMILES string of the molecule is NCc1nnc(SC2CCCC2O)o1. The van der Waals surface area contributed by atoms with Gasteiger partial charge in [0, 0.05) is 5.25 Å². The first kappa shape index (κ1) is 9.95. The van der Waals surface area contributed by atoms with Crippen molar-refractivity contribution < 1.29 is 9.52 Å². The molecule has 2 atom stereocenters. The minimum Gasteiger partial charge on any atom is -0.415 e. The van der Waals surface area contributed by atoms with Crippen LogP contribution in [0.25, 0.3) is 0 Å². The molecule has 1 heterocycles. The van der Waals surface area contributed by atoms with Crippen molar-refractivity contribution in [3.8, 4) is 0 Å². The van der Waals surface area contributed by atoms with E-state index in [4.69, 9.17) is 10.2 Å². The van der Waals surface area contributed by atoms with E-state index in [9.17, 15) is 5.11 Å². The van der Waals surface area contributed by atoms with Gasteiger partial charge in [-0.15, -0.1) is 10.2 Å². The summed E-state index contributed by atoms with van der Waals surface area (Å²) in [5, 5.41) is 17.9. The fraction of sp³-hybridized carbons (Fsp3) is 0.750. The highest BCUT2D eigenvalue weighted by Crippen LogP contribution is 2.34. The monoisotopic (exact) mass is 215 g/mol. The fourth-order valence-electron chi connectivity index (χ4n) is 1.54. The van der Waals surface area contributed by atoms with E-state index in [1.54, 1.807) is 0 Å². The first-order valence-electron chi connectivity index (χ1n) is 4.67. The van der Waals surface area contributed by atoms with Gasteiger partial charge in [0.05, 0.1) is 12.6 Å². The second-order valence-electron chi connectivity index (χ2n) is 3.32. The molecule has 0 radical (unpaired) electrons. The summed E-state index contributed by atoms with van der Waals surface area (Å²) in [5.74, 6) is 0.444. The maximum Gasteiger partial charge on any atom is 0.276 e. The summed E-state index contributed by atoms with van der Waals surface area (Å²) in [5.41, 5.74) is 5.34. The molecule has 0 saturated heterocycles. The third-order valence-corrected chi connectivity index (χ3v) is 3.51. The van der Waals surface area contributed by atoms with Gasteiger partial charge in [-0.05, 0) is 19.3 Å². The van der Waals surface area contributed by atoms with Gasteiger partial charge >= 0.3 is 0 Å². The average molecular weight is 215 g/mol. The molecule has 14 heavy (non-hydrogen) atoms. The van der Waals surface area contributed by atoms with Crippen LogP contribution in [0.15, 0.2) is 9.64 Å². The van der Waals surface area contributed by atoms with Crippen molar-refractivity contribution in [3.63, 3.8) is 0 Å². The number of hydrogen-bond acceptors (Lipinski definition) is 6. The molecule has 0 aromatic carbocycles. The molecule has 3 N–H and O–H groups in total. The second-order valence-corrected chi connectivity index (χ2v) is 4.51. The van der Waals surface area contributed by atoms with Gasteiger partial charge < -0.3 is 15.3 Å². The summed E-state index contributed by atoms with van der Waals surface area (Å²) in [4.78, 5) is 0. The molecular formula is C8H13N3O2S. The van der Waals surface area contributed by atoms with Crippen molar-refractivity contribution in [1.82, 2.24) is 10.2 Å². The number of nitrogens with zero attached hydrogens (tertiary/aromatic N) is 2. The number of aliphatic hydroxyl groups excluding tert-OH is 1. The molecule has 6 heteroatoms. The number of rotatable bonds is 3. The Hall–Kier alpha value is -0.590. The quantitative estimate of drug-likeness (QED) is 0.765. The number of aliphatic hydroxyl groups is 1. The van der Waals surface area contributed by atoms with Gasteiger partial charge in [0.15, 0.2) is 0 Å². The predicted octanol–water partition coefficient (Wildman–Crippen LogP) is 0.534. The van der Waals surface area contributed by atoms with Gasteiger partial charge in [0.25, 0.3) is 5.22 Å². The summed E-state index contributed by atoms with van der Waals surface area (Å²) in [6, 6.07) is 0. The summed E-state index contributed by atoms with van der Waals surface area (Å²) in [7, 11) is 0. The molecule has 1 aromatic heterocycles. The minimum atomic E-state index is -0.242. The van der Waals surface area contributed by atoms with E-state index >= 15 is 0 Å². The summed E-state index contributed by atoms with van der Waals surface area (Å²) in [6.45, 7) is 0.265. The van der Waals surface area contributed by atoms with Crippen LogP contribution in [0.4, 0.5) is 0 Å². The van der Waals surface area contributed by atoms with Crippen LogP contribution >= 0.6 is 11.8 Å². The standard InChI is InChI=1S/C8H13N3O2S/c9-4-7-10-11-8(13-7)14-6-3-1-2-5(6)12/h5-6,12H,1-4,9H2. The molecule has 1 saturated carbocycles. The molecule has 1 aromatic rings. The van der Waals surface area contributed by atoms with Crippen LogP contribution in [0.3, 0.4) is 0 Å². The van der Waals surface area contributed by atoms with Crippen LogP contribution in [0, 0.1) is 0 Å². The predicted molar refractivity (Wildman–Crippen MR) is 51.7 cm³/mol. The van der Waals surface area contributed by atoms with Crippen molar-refractivity contribution in [2.75, 3.05) is 0 Å². The van der Waals surface area contributed by atoms with E-state index in [-0.39, 0.29) is 17.9 Å². The first-order chi connectivity index (χ1) is 6.79. The molecule has 0 spiro atoms. The highest BCUT2D eigenvalue weighted by Gasteiger charge is 2.27. The molecule has 2 unspecified atom stereocenters. The molecule has 0 bridgehead atoms. The fourth-order valence-corrected chi connectivity index (χ4v) is 2.61. The van der Waals surface area contributed by atoms with Crippen molar-refractivity contribution >= 4 is 11.8 Å². The third kappa shape index (κ3) is 2.08. The highest BCUT2D eigenvalue weighted by atomic mass is 32.2. The lowest BCUT2D eigenvalue weighted by Crippen LogP contribution is -2.14. The second kappa shape index (κ2) is 4.29. The van der Waals surface area contributed by atoms with Gasteiger partial charge in [-0.3, -0.25) is 0 Å². The zero-order valence-corrected chi connectivity index (χ0v) is 8.54. The highest BCUT2D eigenvalue weighted by molar-refractivity contribution is 7.99. The molecule has 0 aliphatic heterocycles. The topological polar surface area (TPSA) is 85.2 Å². The Morgan fingerprint density at radius 2 is 2.36 bits per heavy atom. The summed E-state index contributed by atoms with van der Waals surface area (Å²) in [6.07, 6.45) is 2.70. The van der Waals surface area contributed by atoms with E-state index in [2.05, 4.69) is 10.2 Å². The van der Waals surface area contributed by atoms with Crippen LogP contribution in [0.5, 0.6) is 0 Å². The summed E-state index contributed by atoms with van der Waals surface area (Å²) >= 11 is 1.45. The van der Waals surface area contributed by atoms with Crippen molar-refractivity contribution in [3.05, 3.63) is 5.89 Å². The van der Waals surface area contributed by atoms with Gasteiger partial charge in [-0.25, -0.2) is 0 Å². The summed E-state index contributed by atoms with van der Waals surface area (Å²) < 4.78 is 5.25. The smallest absolute Gasteiger partial charge is 0.276 e. The van der Waals surface area contributed by atoms with Crippen molar-refractivity contribution in [2.24, 2.45) is 5.73 Å². The lowest BCUT2D eigenvalue weighted by atomic mass is 10.3. The van der Waals surface area contributed by atoms with Crippen LogP contribution in [-0.2, 0) is 6.54 Å². The number of hydrogen-bond donors (Lipinski definition) is 2. The Balaban J connectivity index is 1.96. The molecule has 1 aliphatic carbocycles. The maximum atomic E-state index is 9.58. The number of thioether (sulfide) groups is 1. The zero-order valence-electron chi connectivity index (χ0n) is 7.72. The largest absolute Gasteiger partial charge is 0.415 e. The number of nitrogens with two attached hydrogens (primary N) is 1. The van der Waals surface area contributed by atoms with Crippen LogP contribution in [-0.4, -0.2) is 26.7 Å². The Morgan fingerprint density at radius 1 is 1.50 bits per heavy atom. The van der Waals surface area contributed by atoms with Gasteiger partial charge in [-0.2, -0.15) is 0 Å². The van der Waals surface area contributed by atoms with Gasteiger partial charge in [-0.1, -0.05) is 11.8 Å². The normalized spacial score (nSPS) is 27.0. The molecule has 1 aliphatic rings. The lowest BCUT2D eigenvalue weighted by molar-refractivity contribution is 0.187. The lowest BCUT2D eigenvalue weighted by Gasteiger charge is -2.09. The Labute approximate surface area is 86.1 Å². The zero-order chi connectivity index (χ0) is 9.97. The average Bonchev–Trinajstić information content (AvgIpc) is 2.77. The van der Waals surface area contributed by atoms with Crippen LogP contribution in [0.1, 0.15) is 25.2 Å². The maximum absolute atomic E-state index is 9.58. The van der Waals surface area contributed by atoms with Crippen molar-refractivity contribution in [2.45, 2.75) is 42.4 Å². The van der Waals surface area contributed by atoms with Crippen molar-refractivity contribution in [1.29, 1.82) is 0 Å². The molecule has 5 nitrogen and oxygen atoms in total. The molecule has 78 valence electrons. The third-order valence-electron chi connectivity index (χ3n) is 2.29. The molecule has 0 amide bonds. The molecule has 1 fully saturated rings. The molecular weight excluding hydrogens is 202 g/mol. The Kier molecular flexibility index (Phi) is 3.05. The Bertz CT molecular complexity index is 305. The van der Waals surface area contributed by atoms with Crippen LogP contribution < -0.4 is 5.73 Å². The first-order valence-corrected chi connectivity index (χ1v) is 5.54. The minimum absolute atomic E-state index is 0.195.